The lowest BCUT2D eigenvalue weighted by molar-refractivity contribution is 0.0340. The molecule has 2 aromatic rings. The van der Waals surface area contributed by atoms with E-state index in [9.17, 15) is 10.4 Å². The number of aromatic hydroxyl groups is 1. The van der Waals surface area contributed by atoms with Gasteiger partial charge in [0.05, 0.1) is 22.7 Å². The van der Waals surface area contributed by atoms with Gasteiger partial charge in [-0.2, -0.15) is 5.26 Å². The molecule has 3 heterocycles. The van der Waals surface area contributed by atoms with Gasteiger partial charge >= 0.3 is 0 Å². The molecule has 0 aromatic heterocycles. The van der Waals surface area contributed by atoms with E-state index < -0.39 is 12.1 Å². The van der Waals surface area contributed by atoms with Gasteiger partial charge in [-0.15, -0.1) is 0 Å². The van der Waals surface area contributed by atoms with Crippen molar-refractivity contribution in [2.75, 3.05) is 13.4 Å². The summed E-state index contributed by atoms with van der Waals surface area (Å²) in [4.78, 5) is 0. The molecular formula is C22H21BrN4O5. The quantitative estimate of drug-likeness (QED) is 0.500. The fraction of sp³-hybridized carbons (Fsp3) is 0.318. The van der Waals surface area contributed by atoms with Gasteiger partial charge in [0.2, 0.25) is 12.7 Å². The van der Waals surface area contributed by atoms with Crippen LogP contribution in [0.5, 0.6) is 23.0 Å². The number of nitrogens with zero attached hydrogens (tertiary/aromatic N) is 1. The number of nitriles is 1. The maximum atomic E-state index is 10.4. The number of hydrogen-bond donors (Lipinski definition) is 4. The molecule has 2 aromatic carbocycles. The van der Waals surface area contributed by atoms with Crippen LogP contribution in [0.1, 0.15) is 30.0 Å². The van der Waals surface area contributed by atoms with Crippen molar-refractivity contribution >= 4 is 15.9 Å². The first-order valence-electron chi connectivity index (χ1n) is 10.1. The molecule has 4 atom stereocenters. The molecule has 0 saturated carbocycles. The van der Waals surface area contributed by atoms with Crippen molar-refractivity contribution in [1.29, 1.82) is 5.26 Å². The average Bonchev–Trinajstić information content (AvgIpc) is 3.42. The highest BCUT2D eigenvalue weighted by molar-refractivity contribution is 9.10. The van der Waals surface area contributed by atoms with Crippen LogP contribution in [0.15, 0.2) is 46.3 Å². The zero-order valence-electron chi connectivity index (χ0n) is 17.1. The van der Waals surface area contributed by atoms with E-state index in [-0.39, 0.29) is 30.4 Å². The third kappa shape index (κ3) is 3.30. The van der Waals surface area contributed by atoms with Crippen LogP contribution in [-0.2, 0) is 4.74 Å². The summed E-state index contributed by atoms with van der Waals surface area (Å²) in [5.74, 6) is 1.11. The number of nitrogens with two attached hydrogens (primary N) is 1. The largest absolute Gasteiger partial charge is 0.503 e. The van der Waals surface area contributed by atoms with Gasteiger partial charge in [0.1, 0.15) is 6.07 Å². The third-order valence-corrected chi connectivity index (χ3v) is 6.52. The minimum absolute atomic E-state index is 0.00432. The van der Waals surface area contributed by atoms with E-state index in [4.69, 9.17) is 24.7 Å². The number of phenols is 1. The van der Waals surface area contributed by atoms with E-state index >= 15 is 0 Å². The standard InChI is InChI=1S/C22H21BrN4O5/c1-2-29-16-7-11(5-13(23)20(16)28)17-12(8-24)21(25)32-22-18(17)19(26-27-22)10-3-4-14-15(6-10)31-9-30-14/h3-7,17-19,22,26-28H,2,9,25H2,1H3. The van der Waals surface area contributed by atoms with E-state index in [1.54, 1.807) is 12.1 Å². The smallest absolute Gasteiger partial charge is 0.231 e. The summed E-state index contributed by atoms with van der Waals surface area (Å²) in [7, 11) is 0. The second kappa shape index (κ2) is 8.09. The summed E-state index contributed by atoms with van der Waals surface area (Å²) in [5, 5.41) is 20.3. The lowest BCUT2D eigenvalue weighted by Gasteiger charge is -2.36. The minimum Gasteiger partial charge on any atom is -0.503 e. The van der Waals surface area contributed by atoms with Crippen molar-refractivity contribution in [1.82, 2.24) is 10.9 Å². The summed E-state index contributed by atoms with van der Waals surface area (Å²) in [5.41, 5.74) is 14.6. The highest BCUT2D eigenvalue weighted by atomic mass is 79.9. The van der Waals surface area contributed by atoms with Crippen molar-refractivity contribution < 1.29 is 24.1 Å². The fourth-order valence-corrected chi connectivity index (χ4v) is 4.98. The topological polar surface area (TPSA) is 131 Å². The highest BCUT2D eigenvalue weighted by Gasteiger charge is 2.49. The first-order valence-corrected chi connectivity index (χ1v) is 10.9. The number of halogens is 1. The number of phenolic OH excluding ortho intramolecular Hbond substituents is 1. The van der Waals surface area contributed by atoms with Crippen molar-refractivity contribution in [3.8, 4) is 29.1 Å². The van der Waals surface area contributed by atoms with E-state index in [1.807, 2.05) is 25.1 Å². The van der Waals surface area contributed by atoms with Crippen LogP contribution in [0, 0.1) is 17.2 Å². The third-order valence-electron chi connectivity index (χ3n) is 5.92. The number of hydrogen-bond acceptors (Lipinski definition) is 9. The molecule has 32 heavy (non-hydrogen) atoms. The number of rotatable bonds is 4. The number of benzene rings is 2. The molecular weight excluding hydrogens is 480 g/mol. The first kappa shape index (κ1) is 20.8. The Morgan fingerprint density at radius 2 is 2.03 bits per heavy atom. The van der Waals surface area contributed by atoms with Gasteiger partial charge < -0.3 is 29.8 Å². The Bertz CT molecular complexity index is 1150. The average molecular weight is 501 g/mol. The summed E-state index contributed by atoms with van der Waals surface area (Å²) in [6.45, 7) is 2.41. The van der Waals surface area contributed by atoms with Crippen LogP contribution < -0.4 is 30.8 Å². The van der Waals surface area contributed by atoms with Gasteiger partial charge in [-0.1, -0.05) is 6.07 Å². The number of allylic oxidation sites excluding steroid dienone is 1. The minimum atomic E-state index is -0.476. The summed E-state index contributed by atoms with van der Waals surface area (Å²) >= 11 is 3.40. The van der Waals surface area contributed by atoms with Gasteiger partial charge in [-0.25, -0.2) is 10.9 Å². The number of hydrazine groups is 1. The van der Waals surface area contributed by atoms with Gasteiger partial charge in [0.15, 0.2) is 29.2 Å². The van der Waals surface area contributed by atoms with Crippen LogP contribution in [0.25, 0.3) is 0 Å². The van der Waals surface area contributed by atoms with Gasteiger partial charge in [0, 0.05) is 11.8 Å². The molecule has 10 heteroatoms. The Morgan fingerprint density at radius 1 is 1.22 bits per heavy atom. The second-order valence-electron chi connectivity index (χ2n) is 7.64. The Balaban J connectivity index is 1.62. The van der Waals surface area contributed by atoms with Crippen molar-refractivity contribution in [3.63, 3.8) is 0 Å². The number of fused-ring (bicyclic) bond motifs is 2. The number of nitrogens with one attached hydrogen (secondary N) is 2. The van der Waals surface area contributed by atoms with E-state index in [0.717, 1.165) is 11.1 Å². The normalized spacial score (nSPS) is 25.8. The van der Waals surface area contributed by atoms with Crippen molar-refractivity contribution in [2.45, 2.75) is 25.1 Å². The summed E-state index contributed by atoms with van der Waals surface area (Å²) in [6, 6.07) is 11.3. The van der Waals surface area contributed by atoms with Gasteiger partial charge in [-0.05, 0) is 58.2 Å². The Kier molecular flexibility index (Phi) is 5.25. The molecule has 3 aliphatic heterocycles. The lowest BCUT2D eigenvalue weighted by Crippen LogP contribution is -2.41. The van der Waals surface area contributed by atoms with E-state index in [2.05, 4.69) is 32.9 Å². The molecule has 4 unspecified atom stereocenters. The molecule has 166 valence electrons. The molecule has 9 nitrogen and oxygen atoms in total. The van der Waals surface area contributed by atoms with Gasteiger partial charge in [-0.3, -0.25) is 0 Å². The fourth-order valence-electron chi connectivity index (χ4n) is 4.52. The first-order chi connectivity index (χ1) is 15.5. The van der Waals surface area contributed by atoms with E-state index in [1.165, 1.54) is 0 Å². The Morgan fingerprint density at radius 3 is 2.81 bits per heavy atom. The Hall–Kier alpha value is -3.13. The second-order valence-corrected chi connectivity index (χ2v) is 8.50. The van der Waals surface area contributed by atoms with Crippen LogP contribution in [0.2, 0.25) is 0 Å². The van der Waals surface area contributed by atoms with E-state index in [0.29, 0.717) is 33.9 Å². The summed E-state index contributed by atoms with van der Waals surface area (Å²) in [6.07, 6.45) is -0.476. The Labute approximate surface area is 192 Å². The van der Waals surface area contributed by atoms with Crippen LogP contribution in [0.4, 0.5) is 0 Å². The molecule has 0 spiro atoms. The predicted molar refractivity (Wildman–Crippen MR) is 116 cm³/mol. The summed E-state index contributed by atoms with van der Waals surface area (Å²) < 4.78 is 22.9. The molecule has 0 aliphatic carbocycles. The SMILES string of the molecule is CCOc1cc(C2C(C#N)=C(N)OC3NNC(c4ccc5c(c4)OCO5)C32)cc(Br)c1O. The molecule has 5 N–H and O–H groups in total. The van der Waals surface area contributed by atoms with Crippen LogP contribution in [0.3, 0.4) is 0 Å². The van der Waals surface area contributed by atoms with Crippen LogP contribution in [-0.4, -0.2) is 24.7 Å². The lowest BCUT2D eigenvalue weighted by atomic mass is 9.74. The van der Waals surface area contributed by atoms with Crippen molar-refractivity contribution in [2.24, 2.45) is 11.7 Å². The molecule has 3 aliphatic rings. The monoisotopic (exact) mass is 500 g/mol. The maximum Gasteiger partial charge on any atom is 0.231 e. The zero-order chi connectivity index (χ0) is 22.4. The molecule has 1 saturated heterocycles. The molecule has 0 bridgehead atoms. The van der Waals surface area contributed by atoms with Crippen LogP contribution >= 0.6 is 15.9 Å². The molecule has 5 rings (SSSR count). The molecule has 0 radical (unpaired) electrons. The van der Waals surface area contributed by atoms with Gasteiger partial charge in [0.25, 0.3) is 0 Å². The molecule has 1 fully saturated rings. The predicted octanol–water partition coefficient (Wildman–Crippen LogP) is 2.88. The number of ether oxygens (including phenoxy) is 4. The maximum absolute atomic E-state index is 10.4. The molecule has 0 amide bonds. The highest BCUT2D eigenvalue weighted by Crippen LogP contribution is 2.50. The van der Waals surface area contributed by atoms with Crippen molar-refractivity contribution in [3.05, 3.63) is 57.4 Å². The zero-order valence-corrected chi connectivity index (χ0v) is 18.7.